The summed E-state index contributed by atoms with van der Waals surface area (Å²) in [5.74, 6) is -2.34. The van der Waals surface area contributed by atoms with Gasteiger partial charge in [0, 0.05) is 6.42 Å². The molecule has 0 aromatic heterocycles. The summed E-state index contributed by atoms with van der Waals surface area (Å²) in [6.45, 7) is -0.0932. The Labute approximate surface area is 96.8 Å². The van der Waals surface area contributed by atoms with Gasteiger partial charge >= 0.3 is 11.9 Å². The fourth-order valence-corrected chi connectivity index (χ4v) is 1.49. The molecule has 0 bridgehead atoms. The summed E-state index contributed by atoms with van der Waals surface area (Å²) in [4.78, 5) is 21.2. The third-order valence-corrected chi connectivity index (χ3v) is 2.46. The number of hydrogen-bond donors (Lipinski definition) is 5. The van der Waals surface area contributed by atoms with Crippen molar-refractivity contribution in [3.05, 3.63) is 0 Å². The molecular formula is C9H15NO7. The normalized spacial score (nSPS) is 30.1. The van der Waals surface area contributed by atoms with Crippen molar-refractivity contribution in [1.29, 1.82) is 0 Å². The zero-order valence-corrected chi connectivity index (χ0v) is 8.94. The van der Waals surface area contributed by atoms with Crippen molar-refractivity contribution in [2.24, 2.45) is 0 Å². The average Bonchev–Trinajstić information content (AvgIpc) is 2.54. The molecule has 17 heavy (non-hydrogen) atoms. The molecule has 1 saturated heterocycles. The quantitative estimate of drug-likeness (QED) is 0.363. The standard InChI is InChI=1S/C9H15NO7/c11-5-3-17-8(7(5)14)10-4(9(15)16)1-2-6(12)13/h4-5,7-8,10-11,14H,1-3H2,(H,12,13)(H,15,16)/t4-,5?,7?,8?/m0/s1. The van der Waals surface area contributed by atoms with E-state index in [1.54, 1.807) is 0 Å². The molecule has 4 atom stereocenters. The van der Waals surface area contributed by atoms with E-state index in [9.17, 15) is 19.8 Å². The Kier molecular flexibility index (Phi) is 4.82. The van der Waals surface area contributed by atoms with Crippen LogP contribution in [0.2, 0.25) is 0 Å². The first kappa shape index (κ1) is 13.8. The summed E-state index contributed by atoms with van der Waals surface area (Å²) in [7, 11) is 0. The van der Waals surface area contributed by atoms with Gasteiger partial charge in [0.25, 0.3) is 0 Å². The number of carboxylic acids is 2. The molecule has 0 aromatic carbocycles. The molecule has 0 spiro atoms. The van der Waals surface area contributed by atoms with Crippen LogP contribution in [0, 0.1) is 0 Å². The minimum atomic E-state index is -1.23. The Bertz CT molecular complexity index is 295. The van der Waals surface area contributed by atoms with Gasteiger partial charge in [-0.2, -0.15) is 0 Å². The summed E-state index contributed by atoms with van der Waals surface area (Å²) < 4.78 is 4.94. The highest BCUT2D eigenvalue weighted by Gasteiger charge is 2.37. The predicted octanol–water partition coefficient (Wildman–Crippen LogP) is -2.03. The van der Waals surface area contributed by atoms with Crippen molar-refractivity contribution >= 4 is 11.9 Å². The lowest BCUT2D eigenvalue weighted by atomic mass is 10.1. The maximum absolute atomic E-state index is 10.8. The topological polar surface area (TPSA) is 136 Å². The summed E-state index contributed by atoms with van der Waals surface area (Å²) in [6.07, 6.45) is -3.73. The van der Waals surface area contributed by atoms with Crippen molar-refractivity contribution in [1.82, 2.24) is 5.32 Å². The van der Waals surface area contributed by atoms with Gasteiger partial charge in [0.15, 0.2) is 0 Å². The van der Waals surface area contributed by atoms with Crippen LogP contribution in [0.25, 0.3) is 0 Å². The zero-order chi connectivity index (χ0) is 13.0. The summed E-state index contributed by atoms with van der Waals surface area (Å²) in [6, 6.07) is -1.14. The Hall–Kier alpha value is -1.22. The lowest BCUT2D eigenvalue weighted by molar-refractivity contribution is -0.142. The Morgan fingerprint density at radius 2 is 2.00 bits per heavy atom. The van der Waals surface area contributed by atoms with Crippen LogP contribution in [0.1, 0.15) is 12.8 Å². The summed E-state index contributed by atoms with van der Waals surface area (Å²) in [5.41, 5.74) is 0. The number of ether oxygens (including phenoxy) is 1. The van der Waals surface area contributed by atoms with Crippen molar-refractivity contribution in [2.45, 2.75) is 37.3 Å². The van der Waals surface area contributed by atoms with Crippen molar-refractivity contribution in [2.75, 3.05) is 6.61 Å². The van der Waals surface area contributed by atoms with Gasteiger partial charge < -0.3 is 25.2 Å². The largest absolute Gasteiger partial charge is 0.481 e. The number of rotatable bonds is 6. The number of nitrogens with one attached hydrogen (secondary N) is 1. The summed E-state index contributed by atoms with van der Waals surface area (Å²) in [5, 5.41) is 38.4. The van der Waals surface area contributed by atoms with E-state index in [0.29, 0.717) is 0 Å². The van der Waals surface area contributed by atoms with E-state index >= 15 is 0 Å². The van der Waals surface area contributed by atoms with E-state index in [0.717, 1.165) is 0 Å². The number of carboxylic acid groups (broad SMARTS) is 2. The molecule has 1 rings (SSSR count). The monoisotopic (exact) mass is 249 g/mol. The highest BCUT2D eigenvalue weighted by molar-refractivity contribution is 5.75. The minimum Gasteiger partial charge on any atom is -0.481 e. The van der Waals surface area contributed by atoms with Crippen LogP contribution < -0.4 is 5.32 Å². The van der Waals surface area contributed by atoms with Crippen molar-refractivity contribution in [3.63, 3.8) is 0 Å². The van der Waals surface area contributed by atoms with E-state index < -0.39 is 36.4 Å². The molecule has 1 aliphatic rings. The molecule has 0 saturated carbocycles. The molecule has 8 heteroatoms. The van der Waals surface area contributed by atoms with Crippen LogP contribution in [0.3, 0.4) is 0 Å². The summed E-state index contributed by atoms with van der Waals surface area (Å²) >= 11 is 0. The van der Waals surface area contributed by atoms with Crippen molar-refractivity contribution < 1.29 is 34.8 Å². The molecular weight excluding hydrogens is 234 g/mol. The van der Waals surface area contributed by atoms with Gasteiger partial charge in [0.1, 0.15) is 24.5 Å². The van der Waals surface area contributed by atoms with E-state index in [2.05, 4.69) is 5.32 Å². The van der Waals surface area contributed by atoms with E-state index in [1.165, 1.54) is 0 Å². The minimum absolute atomic E-state index is 0.0932. The molecule has 5 N–H and O–H groups in total. The third kappa shape index (κ3) is 3.93. The smallest absolute Gasteiger partial charge is 0.320 e. The molecule has 1 fully saturated rings. The first-order valence-electron chi connectivity index (χ1n) is 5.10. The van der Waals surface area contributed by atoms with Gasteiger partial charge in [-0.1, -0.05) is 0 Å². The molecule has 98 valence electrons. The Balaban J connectivity index is 2.49. The molecule has 8 nitrogen and oxygen atoms in total. The highest BCUT2D eigenvalue weighted by atomic mass is 16.5. The van der Waals surface area contributed by atoms with Gasteiger partial charge in [-0.05, 0) is 6.42 Å². The molecule has 0 radical (unpaired) electrons. The van der Waals surface area contributed by atoms with E-state index in [4.69, 9.17) is 14.9 Å². The fourth-order valence-electron chi connectivity index (χ4n) is 1.49. The highest BCUT2D eigenvalue weighted by Crippen LogP contribution is 2.13. The van der Waals surface area contributed by atoms with Gasteiger partial charge in [-0.3, -0.25) is 14.9 Å². The maximum Gasteiger partial charge on any atom is 0.320 e. The van der Waals surface area contributed by atoms with E-state index in [-0.39, 0.29) is 19.4 Å². The van der Waals surface area contributed by atoms with Crippen LogP contribution in [0.4, 0.5) is 0 Å². The second kappa shape index (κ2) is 5.92. The number of aliphatic hydroxyl groups excluding tert-OH is 2. The lowest BCUT2D eigenvalue weighted by Gasteiger charge is -2.21. The predicted molar refractivity (Wildman–Crippen MR) is 53.2 cm³/mol. The van der Waals surface area contributed by atoms with Gasteiger partial charge in [0.2, 0.25) is 0 Å². The Morgan fingerprint density at radius 3 is 2.41 bits per heavy atom. The molecule has 3 unspecified atom stereocenters. The second-order valence-electron chi connectivity index (χ2n) is 3.80. The number of carbonyl (C=O) groups is 2. The van der Waals surface area contributed by atoms with Crippen LogP contribution in [-0.2, 0) is 14.3 Å². The SMILES string of the molecule is O=C(O)CC[C@H](NC1OCC(O)C1O)C(=O)O. The third-order valence-electron chi connectivity index (χ3n) is 2.46. The fraction of sp³-hybridized carbons (Fsp3) is 0.778. The first-order chi connectivity index (χ1) is 7.91. The maximum atomic E-state index is 10.8. The van der Waals surface area contributed by atoms with E-state index in [1.807, 2.05) is 0 Å². The Morgan fingerprint density at radius 1 is 1.35 bits per heavy atom. The molecule has 1 aliphatic heterocycles. The number of hydrogen-bond acceptors (Lipinski definition) is 6. The van der Waals surface area contributed by atoms with Crippen LogP contribution in [0.5, 0.6) is 0 Å². The molecule has 0 aliphatic carbocycles. The second-order valence-corrected chi connectivity index (χ2v) is 3.80. The molecule has 0 amide bonds. The van der Waals surface area contributed by atoms with Gasteiger partial charge in [-0.25, -0.2) is 0 Å². The molecule has 0 aromatic rings. The molecule has 1 heterocycles. The van der Waals surface area contributed by atoms with Crippen LogP contribution in [-0.4, -0.2) is 63.4 Å². The zero-order valence-electron chi connectivity index (χ0n) is 8.94. The van der Waals surface area contributed by atoms with Crippen LogP contribution in [0.15, 0.2) is 0 Å². The van der Waals surface area contributed by atoms with Gasteiger partial charge in [0.05, 0.1) is 6.61 Å². The first-order valence-corrected chi connectivity index (χ1v) is 5.10. The van der Waals surface area contributed by atoms with Crippen LogP contribution >= 0.6 is 0 Å². The van der Waals surface area contributed by atoms with Gasteiger partial charge in [-0.15, -0.1) is 0 Å². The number of aliphatic carboxylic acids is 2. The average molecular weight is 249 g/mol. The van der Waals surface area contributed by atoms with Crippen molar-refractivity contribution in [3.8, 4) is 0 Å². The number of aliphatic hydroxyl groups is 2. The lowest BCUT2D eigenvalue weighted by Crippen LogP contribution is -2.49.